The van der Waals surface area contributed by atoms with Crippen molar-refractivity contribution >= 4 is 17.3 Å². The van der Waals surface area contributed by atoms with Gasteiger partial charge in [-0.1, -0.05) is 30.3 Å². The molecule has 0 aromatic heterocycles. The van der Waals surface area contributed by atoms with Crippen molar-refractivity contribution in [3.05, 3.63) is 35.9 Å². The van der Waals surface area contributed by atoms with E-state index >= 15 is 0 Å². The van der Waals surface area contributed by atoms with Crippen molar-refractivity contribution in [2.75, 3.05) is 13.1 Å². The van der Waals surface area contributed by atoms with Gasteiger partial charge < -0.3 is 10.2 Å². The third kappa shape index (κ3) is 3.70. The van der Waals surface area contributed by atoms with E-state index in [1.54, 1.807) is 0 Å². The zero-order valence-corrected chi connectivity index (χ0v) is 11.9. The van der Waals surface area contributed by atoms with E-state index in [0.717, 1.165) is 24.6 Å². The van der Waals surface area contributed by atoms with Crippen LogP contribution in [0.5, 0.6) is 0 Å². The number of nitrogens with one attached hydrogen (secondary N) is 1. The van der Waals surface area contributed by atoms with Gasteiger partial charge in [-0.05, 0) is 50.4 Å². The Morgan fingerprint density at radius 3 is 2.83 bits per heavy atom. The molecule has 1 atom stereocenters. The molecule has 1 N–H and O–H groups in total. The van der Waals surface area contributed by atoms with E-state index in [1.807, 2.05) is 0 Å². The summed E-state index contributed by atoms with van der Waals surface area (Å²) in [6, 6.07) is 11.1. The molecule has 0 radical (unpaired) electrons. The molecule has 0 bridgehead atoms. The molecule has 0 unspecified atom stereocenters. The van der Waals surface area contributed by atoms with Gasteiger partial charge in [-0.15, -0.1) is 0 Å². The van der Waals surface area contributed by atoms with Gasteiger partial charge in [0.05, 0.1) is 0 Å². The molecule has 1 saturated heterocycles. The highest BCUT2D eigenvalue weighted by atomic mass is 32.1. The second-order valence-corrected chi connectivity index (χ2v) is 5.39. The molecule has 1 heterocycles. The van der Waals surface area contributed by atoms with Crippen molar-refractivity contribution in [2.45, 2.75) is 38.6 Å². The fourth-order valence-electron chi connectivity index (χ4n) is 2.46. The van der Waals surface area contributed by atoms with Crippen LogP contribution >= 0.6 is 12.2 Å². The maximum atomic E-state index is 5.48. The molecule has 0 spiro atoms. The zero-order valence-electron chi connectivity index (χ0n) is 11.1. The molecule has 0 amide bonds. The highest BCUT2D eigenvalue weighted by Gasteiger charge is 2.19. The second kappa shape index (κ2) is 6.74. The smallest absolute Gasteiger partial charge is 0.169 e. The fraction of sp³-hybridized carbons (Fsp3) is 0.533. The average molecular weight is 262 g/mol. The minimum absolute atomic E-state index is 0.593. The number of benzene rings is 1. The Bertz CT molecular complexity index is 377. The van der Waals surface area contributed by atoms with Gasteiger partial charge in [-0.25, -0.2) is 0 Å². The maximum absolute atomic E-state index is 5.48. The summed E-state index contributed by atoms with van der Waals surface area (Å²) in [6.07, 6.45) is 4.90. The first-order chi connectivity index (χ1) is 8.77. The Hall–Kier alpha value is -1.09. The first-order valence-corrected chi connectivity index (χ1v) is 7.26. The van der Waals surface area contributed by atoms with Crippen molar-refractivity contribution in [1.29, 1.82) is 0 Å². The molecular formula is C15H22N2S. The van der Waals surface area contributed by atoms with Gasteiger partial charge in [0.1, 0.15) is 0 Å². The number of likely N-dealkylation sites (tertiary alicyclic amines) is 1. The fourth-order valence-corrected chi connectivity index (χ4v) is 2.83. The molecule has 1 aliphatic heterocycles. The van der Waals surface area contributed by atoms with Crippen molar-refractivity contribution in [3.8, 4) is 0 Å². The predicted molar refractivity (Wildman–Crippen MR) is 80.8 cm³/mol. The molecule has 18 heavy (non-hydrogen) atoms. The van der Waals surface area contributed by atoms with Crippen LogP contribution in [0.4, 0.5) is 0 Å². The van der Waals surface area contributed by atoms with Crippen molar-refractivity contribution in [3.63, 3.8) is 0 Å². The lowest BCUT2D eigenvalue weighted by atomic mass is 10.0. The van der Waals surface area contributed by atoms with E-state index in [4.69, 9.17) is 12.2 Å². The third-order valence-corrected chi connectivity index (χ3v) is 3.98. The standard InChI is InChI=1S/C15H22N2S/c1-13-7-5-6-12-17(13)15(18)16-11-10-14-8-3-2-4-9-14/h2-4,8-9,13H,5-7,10-12H2,1H3,(H,16,18)/t13-/m1/s1. The summed E-state index contributed by atoms with van der Waals surface area (Å²) in [7, 11) is 0. The predicted octanol–water partition coefficient (Wildman–Crippen LogP) is 2.98. The maximum Gasteiger partial charge on any atom is 0.169 e. The number of piperidine rings is 1. The highest BCUT2D eigenvalue weighted by Crippen LogP contribution is 2.16. The summed E-state index contributed by atoms with van der Waals surface area (Å²) < 4.78 is 0. The van der Waals surface area contributed by atoms with Crippen molar-refractivity contribution in [1.82, 2.24) is 10.2 Å². The molecule has 0 saturated carbocycles. The zero-order chi connectivity index (χ0) is 12.8. The van der Waals surface area contributed by atoms with Gasteiger partial charge in [0.25, 0.3) is 0 Å². The second-order valence-electron chi connectivity index (χ2n) is 5.01. The van der Waals surface area contributed by atoms with E-state index in [2.05, 4.69) is 47.5 Å². The molecule has 1 aromatic rings. The number of thiocarbonyl (C=S) groups is 1. The summed E-state index contributed by atoms with van der Waals surface area (Å²) in [6.45, 7) is 4.30. The molecule has 1 aliphatic rings. The molecule has 98 valence electrons. The lowest BCUT2D eigenvalue weighted by Gasteiger charge is -2.35. The van der Waals surface area contributed by atoms with Crippen LogP contribution in [0.2, 0.25) is 0 Å². The number of hydrogen-bond acceptors (Lipinski definition) is 1. The van der Waals surface area contributed by atoms with Gasteiger partial charge in [0.15, 0.2) is 5.11 Å². The van der Waals surface area contributed by atoms with Gasteiger partial charge in [0.2, 0.25) is 0 Å². The van der Waals surface area contributed by atoms with Gasteiger partial charge in [0, 0.05) is 19.1 Å². The molecule has 3 heteroatoms. The molecule has 1 fully saturated rings. The van der Waals surface area contributed by atoms with Gasteiger partial charge in [-0.2, -0.15) is 0 Å². The van der Waals surface area contributed by atoms with Crippen molar-refractivity contribution in [2.24, 2.45) is 0 Å². The number of hydrogen-bond donors (Lipinski definition) is 1. The van der Waals surface area contributed by atoms with E-state index in [-0.39, 0.29) is 0 Å². The Morgan fingerprint density at radius 1 is 1.33 bits per heavy atom. The summed E-state index contributed by atoms with van der Waals surface area (Å²) >= 11 is 5.48. The van der Waals surface area contributed by atoms with E-state index < -0.39 is 0 Å². The largest absolute Gasteiger partial charge is 0.362 e. The minimum Gasteiger partial charge on any atom is -0.362 e. The van der Waals surface area contributed by atoms with Crippen LogP contribution in [0.15, 0.2) is 30.3 Å². The van der Waals surface area contributed by atoms with E-state index in [0.29, 0.717) is 6.04 Å². The third-order valence-electron chi connectivity index (χ3n) is 3.60. The van der Waals surface area contributed by atoms with Crippen LogP contribution < -0.4 is 5.32 Å². The van der Waals surface area contributed by atoms with Crippen molar-refractivity contribution < 1.29 is 0 Å². The number of rotatable bonds is 3. The van der Waals surface area contributed by atoms with Crippen LogP contribution in [0.3, 0.4) is 0 Å². The molecule has 0 aliphatic carbocycles. The lowest BCUT2D eigenvalue weighted by molar-refractivity contribution is 0.255. The minimum atomic E-state index is 0.593. The highest BCUT2D eigenvalue weighted by molar-refractivity contribution is 7.80. The Balaban J connectivity index is 1.74. The van der Waals surface area contributed by atoms with Crippen LogP contribution in [-0.4, -0.2) is 29.1 Å². The summed E-state index contributed by atoms with van der Waals surface area (Å²) in [5, 5.41) is 4.32. The Kier molecular flexibility index (Phi) is 5.00. The number of nitrogens with zero attached hydrogens (tertiary/aromatic N) is 1. The van der Waals surface area contributed by atoms with Crippen LogP contribution in [0.25, 0.3) is 0 Å². The van der Waals surface area contributed by atoms with Gasteiger partial charge in [-0.3, -0.25) is 0 Å². The summed E-state index contributed by atoms with van der Waals surface area (Å²) in [4.78, 5) is 2.34. The quantitative estimate of drug-likeness (QED) is 0.843. The SMILES string of the molecule is C[C@@H]1CCCCN1C(=S)NCCc1ccccc1. The molecule has 2 nitrogen and oxygen atoms in total. The molecule has 2 rings (SSSR count). The monoisotopic (exact) mass is 262 g/mol. The normalized spacial score (nSPS) is 19.6. The lowest BCUT2D eigenvalue weighted by Crippen LogP contribution is -2.47. The van der Waals surface area contributed by atoms with E-state index in [9.17, 15) is 0 Å². The van der Waals surface area contributed by atoms with Gasteiger partial charge >= 0.3 is 0 Å². The Labute approximate surface area is 115 Å². The average Bonchev–Trinajstić information content (AvgIpc) is 2.40. The summed E-state index contributed by atoms with van der Waals surface area (Å²) in [5.74, 6) is 0. The topological polar surface area (TPSA) is 15.3 Å². The Morgan fingerprint density at radius 2 is 2.11 bits per heavy atom. The van der Waals surface area contributed by atoms with Crippen LogP contribution in [0.1, 0.15) is 31.7 Å². The molecule has 1 aromatic carbocycles. The summed E-state index contributed by atoms with van der Waals surface area (Å²) in [5.41, 5.74) is 1.36. The van der Waals surface area contributed by atoms with Crippen LogP contribution in [0, 0.1) is 0 Å². The first kappa shape index (κ1) is 13.3. The molecular weight excluding hydrogens is 240 g/mol. The van der Waals surface area contributed by atoms with Crippen LogP contribution in [-0.2, 0) is 6.42 Å². The first-order valence-electron chi connectivity index (χ1n) is 6.86. The van der Waals surface area contributed by atoms with E-state index in [1.165, 1.54) is 24.8 Å².